The lowest BCUT2D eigenvalue weighted by Gasteiger charge is -2.13. The third kappa shape index (κ3) is 3.16. The summed E-state index contributed by atoms with van der Waals surface area (Å²) in [4.78, 5) is 2.71. The minimum atomic E-state index is -5.17. The molecule has 1 rings (SSSR count). The summed E-state index contributed by atoms with van der Waals surface area (Å²) in [6.07, 6.45) is -10.0. The van der Waals surface area contributed by atoms with Crippen LogP contribution in [0.15, 0.2) is 6.20 Å². The highest BCUT2D eigenvalue weighted by molar-refractivity contribution is 6.32. The van der Waals surface area contributed by atoms with Crippen LogP contribution in [-0.4, -0.2) is 11.3 Å². The summed E-state index contributed by atoms with van der Waals surface area (Å²) in [5.41, 5.74) is -2.74. The van der Waals surface area contributed by atoms with E-state index in [4.69, 9.17) is 16.9 Å². The molecule has 0 aliphatic rings. The van der Waals surface area contributed by atoms with Crippen molar-refractivity contribution in [3.8, 4) is 11.8 Å². The number of rotatable bonds is 1. The molecule has 3 nitrogen and oxygen atoms in total. The van der Waals surface area contributed by atoms with Gasteiger partial charge in [-0.2, -0.15) is 18.4 Å². The van der Waals surface area contributed by atoms with Gasteiger partial charge in [-0.3, -0.25) is 0 Å². The first kappa shape index (κ1) is 14.4. The van der Waals surface area contributed by atoms with Gasteiger partial charge in [-0.25, -0.2) is 4.98 Å². The van der Waals surface area contributed by atoms with Crippen LogP contribution in [0.25, 0.3) is 0 Å². The van der Waals surface area contributed by atoms with Crippen molar-refractivity contribution in [2.24, 2.45) is 0 Å². The predicted molar refractivity (Wildman–Crippen MR) is 45.6 cm³/mol. The highest BCUT2D eigenvalue weighted by Crippen LogP contribution is 2.38. The van der Waals surface area contributed by atoms with Crippen LogP contribution in [-0.2, 0) is 6.18 Å². The van der Waals surface area contributed by atoms with E-state index < -0.39 is 34.6 Å². The highest BCUT2D eigenvalue weighted by Gasteiger charge is 2.39. The molecule has 0 fully saturated rings. The molecule has 1 aromatic rings. The van der Waals surface area contributed by atoms with Crippen LogP contribution in [0.3, 0.4) is 0 Å². The maximum Gasteiger partial charge on any atom is 0.573 e. The molecule has 0 N–H and O–H groups in total. The number of ether oxygens (including phenoxy) is 1. The molecule has 1 heterocycles. The van der Waals surface area contributed by atoms with E-state index in [0.717, 1.165) is 6.07 Å². The van der Waals surface area contributed by atoms with Crippen molar-refractivity contribution in [3.05, 3.63) is 22.5 Å². The second-order valence-corrected chi connectivity index (χ2v) is 3.20. The first-order valence-electron chi connectivity index (χ1n) is 3.98. The van der Waals surface area contributed by atoms with Crippen molar-refractivity contribution in [1.82, 2.24) is 4.98 Å². The van der Waals surface area contributed by atoms with Crippen LogP contribution in [0.5, 0.6) is 5.75 Å². The van der Waals surface area contributed by atoms with E-state index in [1.807, 2.05) is 0 Å². The van der Waals surface area contributed by atoms with E-state index in [1.165, 1.54) is 0 Å². The Balaban J connectivity index is 3.36. The maximum absolute atomic E-state index is 12.3. The number of nitrogens with zero attached hydrogens (tertiary/aromatic N) is 2. The number of nitriles is 1. The molecule has 18 heavy (non-hydrogen) atoms. The molecule has 0 aliphatic heterocycles. The second kappa shape index (κ2) is 4.53. The topological polar surface area (TPSA) is 45.9 Å². The molecule has 0 saturated heterocycles. The fraction of sp³-hybridized carbons (Fsp3) is 0.250. The fourth-order valence-corrected chi connectivity index (χ4v) is 1.27. The molecule has 0 unspecified atom stereocenters. The van der Waals surface area contributed by atoms with Crippen LogP contribution < -0.4 is 4.74 Å². The third-order valence-electron chi connectivity index (χ3n) is 1.59. The lowest BCUT2D eigenvalue weighted by atomic mass is 10.2. The van der Waals surface area contributed by atoms with E-state index >= 15 is 0 Å². The van der Waals surface area contributed by atoms with Crippen molar-refractivity contribution in [1.29, 1.82) is 5.26 Å². The van der Waals surface area contributed by atoms with Gasteiger partial charge in [-0.15, -0.1) is 13.2 Å². The van der Waals surface area contributed by atoms with Crippen molar-refractivity contribution in [2.75, 3.05) is 0 Å². The molecule has 0 spiro atoms. The minimum absolute atomic E-state index is 0.140. The summed E-state index contributed by atoms with van der Waals surface area (Å²) in [5, 5.41) is 7.27. The molecule has 0 aromatic carbocycles. The zero-order valence-electron chi connectivity index (χ0n) is 8.03. The molecule has 0 bridgehead atoms. The first-order valence-corrected chi connectivity index (χ1v) is 4.35. The van der Waals surface area contributed by atoms with Gasteiger partial charge in [0.15, 0.2) is 11.4 Å². The van der Waals surface area contributed by atoms with Gasteiger partial charge in [0.2, 0.25) is 0 Å². The van der Waals surface area contributed by atoms with Crippen LogP contribution in [0.2, 0.25) is 5.02 Å². The maximum atomic E-state index is 12.3. The molecule has 0 saturated carbocycles. The largest absolute Gasteiger partial charge is 0.573 e. The SMILES string of the molecule is N#Cc1c(OC(F)(F)F)cnc(C(F)(F)F)c1Cl. The Morgan fingerprint density at radius 3 is 2.17 bits per heavy atom. The Morgan fingerprint density at radius 2 is 1.78 bits per heavy atom. The van der Waals surface area contributed by atoms with Gasteiger partial charge in [-0.05, 0) is 0 Å². The summed E-state index contributed by atoms with van der Waals surface area (Å²) >= 11 is 5.18. The predicted octanol–water partition coefficient (Wildman–Crippen LogP) is 3.52. The fourth-order valence-electron chi connectivity index (χ4n) is 0.975. The number of alkyl halides is 6. The van der Waals surface area contributed by atoms with Crippen LogP contribution in [0.4, 0.5) is 26.3 Å². The van der Waals surface area contributed by atoms with Crippen molar-refractivity contribution >= 4 is 11.6 Å². The summed E-state index contributed by atoms with van der Waals surface area (Å²) in [5.74, 6) is -1.19. The zero-order valence-corrected chi connectivity index (χ0v) is 8.78. The smallest absolute Gasteiger partial charge is 0.403 e. The van der Waals surface area contributed by atoms with Gasteiger partial charge in [0.25, 0.3) is 0 Å². The monoisotopic (exact) mass is 290 g/mol. The summed E-state index contributed by atoms with van der Waals surface area (Å²) in [6, 6.07) is 1.10. The molecule has 0 aliphatic carbocycles. The molecule has 98 valence electrons. The van der Waals surface area contributed by atoms with E-state index in [1.54, 1.807) is 0 Å². The number of halogens is 7. The summed E-state index contributed by atoms with van der Waals surface area (Å²) in [6.45, 7) is 0. The average Bonchev–Trinajstić information content (AvgIpc) is 2.13. The highest BCUT2D eigenvalue weighted by atomic mass is 35.5. The van der Waals surface area contributed by atoms with Gasteiger partial charge >= 0.3 is 12.5 Å². The summed E-state index contributed by atoms with van der Waals surface area (Å²) in [7, 11) is 0. The Morgan fingerprint density at radius 1 is 1.22 bits per heavy atom. The summed E-state index contributed by atoms with van der Waals surface area (Å²) < 4.78 is 76.0. The molecule has 0 atom stereocenters. The molecule has 0 radical (unpaired) electrons. The van der Waals surface area contributed by atoms with Crippen LogP contribution in [0.1, 0.15) is 11.3 Å². The first-order chi connectivity index (χ1) is 8.06. The molecule has 0 amide bonds. The van der Waals surface area contributed by atoms with Gasteiger partial charge in [0.1, 0.15) is 11.6 Å². The Bertz CT molecular complexity index is 504. The number of hydrogen-bond donors (Lipinski definition) is 0. The molecular formula is C8HClF6N2O. The Labute approximate surface area is 101 Å². The molecular weight excluding hydrogens is 290 g/mol. The minimum Gasteiger partial charge on any atom is -0.403 e. The Hall–Kier alpha value is -1.69. The van der Waals surface area contributed by atoms with Gasteiger partial charge in [-0.1, -0.05) is 11.6 Å². The normalized spacial score (nSPS) is 12.1. The standard InChI is InChI=1S/C8HClF6N2O/c9-5-3(1-16)4(18-8(13,14)15)2-17-6(5)7(10,11)12/h2H. The third-order valence-corrected chi connectivity index (χ3v) is 1.96. The van der Waals surface area contributed by atoms with Crippen LogP contribution >= 0.6 is 11.6 Å². The van der Waals surface area contributed by atoms with E-state index in [-0.39, 0.29) is 6.20 Å². The van der Waals surface area contributed by atoms with Gasteiger partial charge in [0.05, 0.1) is 11.2 Å². The van der Waals surface area contributed by atoms with Gasteiger partial charge < -0.3 is 4.74 Å². The van der Waals surface area contributed by atoms with E-state index in [0.29, 0.717) is 0 Å². The molecule has 10 heteroatoms. The quantitative estimate of drug-likeness (QED) is 0.743. The van der Waals surface area contributed by atoms with Crippen molar-refractivity contribution in [3.63, 3.8) is 0 Å². The average molecular weight is 291 g/mol. The van der Waals surface area contributed by atoms with Gasteiger partial charge in [0, 0.05) is 0 Å². The number of hydrogen-bond acceptors (Lipinski definition) is 3. The molecule has 1 aromatic heterocycles. The van der Waals surface area contributed by atoms with Crippen molar-refractivity contribution in [2.45, 2.75) is 12.5 Å². The number of aromatic nitrogens is 1. The van der Waals surface area contributed by atoms with Crippen LogP contribution in [0, 0.1) is 11.3 Å². The lowest BCUT2D eigenvalue weighted by molar-refractivity contribution is -0.274. The number of pyridine rings is 1. The zero-order chi connectivity index (χ0) is 14.1. The Kier molecular flexibility index (Phi) is 3.62. The van der Waals surface area contributed by atoms with Crippen molar-refractivity contribution < 1.29 is 31.1 Å². The van der Waals surface area contributed by atoms with E-state index in [2.05, 4.69) is 9.72 Å². The lowest BCUT2D eigenvalue weighted by Crippen LogP contribution is -2.19. The second-order valence-electron chi connectivity index (χ2n) is 2.82. The van der Waals surface area contributed by atoms with E-state index in [9.17, 15) is 26.3 Å².